The summed E-state index contributed by atoms with van der Waals surface area (Å²) in [6.07, 6.45) is -0.656. The van der Waals surface area contributed by atoms with Crippen LogP contribution in [0.3, 0.4) is 0 Å². The molecule has 0 aliphatic rings. The molecule has 11 nitrogen and oxygen atoms in total. The Morgan fingerprint density at radius 2 is 1.14 bits per heavy atom. The zero-order valence-electron chi connectivity index (χ0n) is 39.3. The molecule has 66 heavy (non-hydrogen) atoms. The molecule has 0 saturated carbocycles. The number of methoxy groups -OCH3 is 1. The number of hydrogen-bond acceptors (Lipinski definition) is 9. The fourth-order valence-electron chi connectivity index (χ4n) is 7.25. The molecule has 0 aromatic heterocycles. The van der Waals surface area contributed by atoms with E-state index in [4.69, 9.17) is 23.7 Å². The minimum Gasteiger partial charge on any atom is -0.497 e. The van der Waals surface area contributed by atoms with Gasteiger partial charge in [-0.3, -0.25) is 4.79 Å². The van der Waals surface area contributed by atoms with Gasteiger partial charge in [0.05, 0.1) is 45.6 Å². The summed E-state index contributed by atoms with van der Waals surface area (Å²) in [5.74, 6) is 0.983. The number of amides is 1. The van der Waals surface area contributed by atoms with E-state index in [0.717, 1.165) is 50.3 Å². The molecule has 0 spiro atoms. The van der Waals surface area contributed by atoms with E-state index < -0.39 is 22.1 Å². The fraction of sp³-hybridized carbons (Fsp3) is 0.296. The van der Waals surface area contributed by atoms with Gasteiger partial charge in [-0.05, 0) is 113 Å². The lowest BCUT2D eigenvalue weighted by molar-refractivity contribution is -0.00745. The average Bonchev–Trinajstić information content (AvgIpc) is 3.29. The van der Waals surface area contributed by atoms with Crippen molar-refractivity contribution in [2.75, 3.05) is 33.5 Å². The first-order valence-electron chi connectivity index (χ1n) is 22.0. The second-order valence-corrected chi connectivity index (χ2v) is 17.9. The van der Waals surface area contributed by atoms with E-state index in [1.807, 2.05) is 158 Å². The molecule has 0 radical (unpaired) electrons. The van der Waals surface area contributed by atoms with Crippen molar-refractivity contribution in [2.45, 2.75) is 79.2 Å². The van der Waals surface area contributed by atoms with Crippen molar-refractivity contribution in [1.82, 2.24) is 9.62 Å². The fourth-order valence-corrected chi connectivity index (χ4v) is 8.80. The highest BCUT2D eigenvalue weighted by molar-refractivity contribution is 7.89. The van der Waals surface area contributed by atoms with Crippen LogP contribution in [-0.2, 0) is 39.2 Å². The number of esters is 1. The van der Waals surface area contributed by atoms with E-state index in [1.165, 1.54) is 4.31 Å². The molecule has 1 atom stereocenters. The van der Waals surface area contributed by atoms with Crippen molar-refractivity contribution in [3.63, 3.8) is 0 Å². The molecule has 1 N–H and O–H groups in total. The number of benzene rings is 6. The zero-order chi connectivity index (χ0) is 47.6. The van der Waals surface area contributed by atoms with E-state index in [9.17, 15) is 18.0 Å². The van der Waals surface area contributed by atoms with E-state index >= 15 is 0 Å². The zero-order valence-corrected chi connectivity index (χ0v) is 40.1. The molecule has 6 aromatic rings. The predicted octanol–water partition coefficient (Wildman–Crippen LogP) is 10.3. The van der Waals surface area contributed by atoms with Gasteiger partial charge in [0.25, 0.3) is 5.91 Å². The molecular weight excluding hydrogens is 853 g/mol. The molecular formula is C54H62N2O9S. The third-order valence-electron chi connectivity index (χ3n) is 10.3. The monoisotopic (exact) mass is 914 g/mol. The van der Waals surface area contributed by atoms with Crippen molar-refractivity contribution in [2.24, 2.45) is 0 Å². The van der Waals surface area contributed by atoms with Crippen LogP contribution in [0, 0.1) is 34.6 Å². The third kappa shape index (κ3) is 15.0. The van der Waals surface area contributed by atoms with E-state index in [2.05, 4.69) is 5.32 Å². The Balaban J connectivity index is 0.000000249. The molecule has 0 saturated heterocycles. The van der Waals surface area contributed by atoms with Gasteiger partial charge in [0.2, 0.25) is 10.0 Å². The van der Waals surface area contributed by atoms with Crippen LogP contribution in [0.25, 0.3) is 0 Å². The number of carbonyl (C=O) groups is 2. The summed E-state index contributed by atoms with van der Waals surface area (Å²) in [4.78, 5) is 25.7. The average molecular weight is 915 g/mol. The quantitative estimate of drug-likeness (QED) is 0.0744. The molecule has 1 unspecified atom stereocenters. The number of carbonyl (C=O) groups excluding carboxylic acids is 2. The molecule has 12 heteroatoms. The number of aryl methyl sites for hydroxylation is 5. The van der Waals surface area contributed by atoms with Crippen molar-refractivity contribution < 1.29 is 41.7 Å². The van der Waals surface area contributed by atoms with Crippen molar-refractivity contribution >= 4 is 21.9 Å². The number of rotatable bonds is 20. The van der Waals surface area contributed by atoms with Crippen LogP contribution in [0.5, 0.6) is 17.2 Å². The van der Waals surface area contributed by atoms with E-state index in [0.29, 0.717) is 42.4 Å². The van der Waals surface area contributed by atoms with Crippen LogP contribution < -0.4 is 19.5 Å². The Morgan fingerprint density at radius 3 is 1.65 bits per heavy atom. The lowest BCUT2D eigenvalue weighted by Crippen LogP contribution is -2.37. The molecule has 0 fully saturated rings. The molecule has 0 aliphatic carbocycles. The maximum absolute atomic E-state index is 13.9. The van der Waals surface area contributed by atoms with E-state index in [1.54, 1.807) is 31.4 Å². The van der Waals surface area contributed by atoms with E-state index in [-0.39, 0.29) is 37.0 Å². The lowest BCUT2D eigenvalue weighted by atomic mass is 10.1. The lowest BCUT2D eigenvalue weighted by Gasteiger charge is -2.24. The largest absolute Gasteiger partial charge is 0.497 e. The Kier molecular flexibility index (Phi) is 18.9. The molecule has 6 rings (SSSR count). The van der Waals surface area contributed by atoms with Crippen molar-refractivity contribution in [3.05, 3.63) is 189 Å². The number of hydrogen-bond donors (Lipinski definition) is 1. The van der Waals surface area contributed by atoms with Crippen molar-refractivity contribution in [3.8, 4) is 17.2 Å². The Bertz CT molecular complexity index is 2540. The summed E-state index contributed by atoms with van der Waals surface area (Å²) in [6.45, 7) is 15.3. The summed E-state index contributed by atoms with van der Waals surface area (Å²) >= 11 is 0. The first kappa shape index (κ1) is 50.5. The highest BCUT2D eigenvalue weighted by atomic mass is 32.2. The Labute approximate surface area is 390 Å². The summed E-state index contributed by atoms with van der Waals surface area (Å²) in [7, 11) is -2.26. The van der Waals surface area contributed by atoms with Crippen LogP contribution in [-0.4, -0.2) is 64.2 Å². The highest BCUT2D eigenvalue weighted by Gasteiger charge is 2.30. The van der Waals surface area contributed by atoms with Crippen LogP contribution >= 0.6 is 0 Å². The van der Waals surface area contributed by atoms with Crippen LogP contribution in [0.15, 0.2) is 138 Å². The Hall–Kier alpha value is -6.47. The standard InChI is InChI=1S/C29H33NO5.C25H29NO4S/c1-19-10-20(2)13-24(12-19)28(31)30-16-27(18-34-17-23-6-8-26(33-5)9-7-23)35-29(32)25-14-21(3)11-22(4)15-25;1-4-29-23-17-25(24(30-5-2)16-20(23)3)31(27,28)26(18-21-12-8-6-9-13-21)19-22-14-10-7-11-15-22/h6-15,27H,16-18H2,1-5H3,(H,30,31);6-17H,4-5,18-19H2,1-3H3. The molecule has 0 heterocycles. The maximum atomic E-state index is 13.9. The number of ether oxygens (including phenoxy) is 5. The summed E-state index contributed by atoms with van der Waals surface area (Å²) < 4.78 is 57.5. The second-order valence-electron chi connectivity index (χ2n) is 16.0. The highest BCUT2D eigenvalue weighted by Crippen LogP contribution is 2.35. The molecule has 1 amide bonds. The summed E-state index contributed by atoms with van der Waals surface area (Å²) in [5, 5.41) is 2.88. The first-order chi connectivity index (χ1) is 31.7. The second kappa shape index (κ2) is 24.7. The number of nitrogens with zero attached hydrogens (tertiary/aromatic N) is 1. The van der Waals surface area contributed by atoms with Crippen LogP contribution in [0.1, 0.15) is 79.1 Å². The topological polar surface area (TPSA) is 130 Å². The minimum atomic E-state index is -3.88. The SMILES string of the molecule is CCOc1cc(S(=O)(=O)N(Cc2ccccc2)Cc2ccccc2)c(OCC)cc1C.COc1ccc(COCC(CNC(=O)c2cc(C)cc(C)c2)OC(=O)c2cc(C)cc(C)c2)cc1. The van der Waals surface area contributed by atoms with Gasteiger partial charge >= 0.3 is 5.97 Å². The predicted molar refractivity (Wildman–Crippen MR) is 259 cm³/mol. The molecule has 0 bridgehead atoms. The minimum absolute atomic E-state index is 0.121. The summed E-state index contributed by atoms with van der Waals surface area (Å²) in [5.41, 5.74) is 8.65. The third-order valence-corrected chi connectivity index (χ3v) is 12.1. The first-order valence-corrected chi connectivity index (χ1v) is 23.5. The normalized spacial score (nSPS) is 11.5. The smallest absolute Gasteiger partial charge is 0.338 e. The maximum Gasteiger partial charge on any atom is 0.338 e. The van der Waals surface area contributed by atoms with Crippen molar-refractivity contribution in [1.29, 1.82) is 0 Å². The van der Waals surface area contributed by atoms with Gasteiger partial charge in [-0.1, -0.05) is 107 Å². The summed E-state index contributed by atoms with van der Waals surface area (Å²) in [6, 6.07) is 41.3. The van der Waals surface area contributed by atoms with Gasteiger partial charge in [-0.2, -0.15) is 4.31 Å². The molecule has 348 valence electrons. The number of sulfonamides is 1. The van der Waals surface area contributed by atoms with Gasteiger partial charge in [-0.25, -0.2) is 13.2 Å². The Morgan fingerprint density at radius 1 is 0.621 bits per heavy atom. The van der Waals surface area contributed by atoms with Gasteiger partial charge < -0.3 is 29.0 Å². The van der Waals surface area contributed by atoms with Gasteiger partial charge in [0, 0.05) is 24.7 Å². The molecule has 0 aliphatic heterocycles. The van der Waals surface area contributed by atoms with Gasteiger partial charge in [0.1, 0.15) is 28.2 Å². The van der Waals surface area contributed by atoms with Crippen LogP contribution in [0.2, 0.25) is 0 Å². The van der Waals surface area contributed by atoms with Gasteiger partial charge in [0.15, 0.2) is 0 Å². The molecule has 6 aromatic carbocycles. The van der Waals surface area contributed by atoms with Crippen LogP contribution in [0.4, 0.5) is 0 Å². The van der Waals surface area contributed by atoms with Gasteiger partial charge in [-0.15, -0.1) is 0 Å². The number of nitrogens with one attached hydrogen (secondary N) is 1.